The van der Waals surface area contributed by atoms with Gasteiger partial charge in [-0.25, -0.2) is 0 Å². The minimum atomic E-state index is 0.00403. The molecular weight excluding hydrogens is 384 g/mol. The Balaban J connectivity index is 2.33. The molecule has 0 saturated heterocycles. The van der Waals surface area contributed by atoms with Gasteiger partial charge in [0, 0.05) is 15.6 Å². The lowest BCUT2D eigenvalue weighted by Crippen LogP contribution is -2.02. The molecule has 0 heterocycles. The van der Waals surface area contributed by atoms with Crippen LogP contribution in [0.1, 0.15) is 28.4 Å². The van der Waals surface area contributed by atoms with Gasteiger partial charge in [-0.1, -0.05) is 15.9 Å². The van der Waals surface area contributed by atoms with Crippen LogP contribution in [0.3, 0.4) is 0 Å². The molecule has 0 amide bonds. The Morgan fingerprint density at radius 3 is 2.30 bits per heavy atom. The van der Waals surface area contributed by atoms with Crippen molar-refractivity contribution in [2.24, 2.45) is 0 Å². The Labute approximate surface area is 135 Å². The van der Waals surface area contributed by atoms with E-state index in [1.807, 2.05) is 38.1 Å². The standard InChI is InChI=1S/C16H14Br2O2/c1-3-20-15-7-5-12(9-14(15)18)16(19)11-4-6-13(17)10(2)8-11/h4-9H,3H2,1-2H3. The van der Waals surface area contributed by atoms with E-state index in [4.69, 9.17) is 4.74 Å². The summed E-state index contributed by atoms with van der Waals surface area (Å²) in [6.07, 6.45) is 0. The van der Waals surface area contributed by atoms with Gasteiger partial charge in [-0.05, 0) is 71.7 Å². The van der Waals surface area contributed by atoms with Crippen LogP contribution in [0.2, 0.25) is 0 Å². The molecule has 104 valence electrons. The molecule has 0 aliphatic rings. The highest BCUT2D eigenvalue weighted by Crippen LogP contribution is 2.27. The third-order valence-corrected chi connectivity index (χ3v) is 4.42. The Morgan fingerprint density at radius 1 is 1.05 bits per heavy atom. The van der Waals surface area contributed by atoms with Crippen molar-refractivity contribution in [3.05, 3.63) is 62.0 Å². The SMILES string of the molecule is CCOc1ccc(C(=O)c2ccc(Br)c(C)c2)cc1Br. The molecule has 0 unspecified atom stereocenters. The van der Waals surface area contributed by atoms with Gasteiger partial charge in [0.15, 0.2) is 5.78 Å². The fraction of sp³-hybridized carbons (Fsp3) is 0.188. The summed E-state index contributed by atoms with van der Waals surface area (Å²) in [5, 5.41) is 0. The van der Waals surface area contributed by atoms with Gasteiger partial charge < -0.3 is 4.74 Å². The highest BCUT2D eigenvalue weighted by Gasteiger charge is 2.12. The molecule has 0 saturated carbocycles. The Hall–Kier alpha value is -1.13. The predicted octanol–water partition coefficient (Wildman–Crippen LogP) is 5.15. The number of halogens is 2. The van der Waals surface area contributed by atoms with Gasteiger partial charge in [0.2, 0.25) is 0 Å². The molecule has 2 rings (SSSR count). The summed E-state index contributed by atoms with van der Waals surface area (Å²) >= 11 is 6.87. The summed E-state index contributed by atoms with van der Waals surface area (Å²) in [7, 11) is 0. The average molecular weight is 398 g/mol. The second-order valence-electron chi connectivity index (χ2n) is 4.37. The quantitative estimate of drug-likeness (QED) is 0.667. The third kappa shape index (κ3) is 3.30. The molecule has 0 atom stereocenters. The van der Waals surface area contributed by atoms with Crippen LogP contribution in [0.5, 0.6) is 5.75 Å². The number of aryl methyl sites for hydroxylation is 1. The van der Waals surface area contributed by atoms with Gasteiger partial charge in [0.05, 0.1) is 11.1 Å². The fourth-order valence-corrected chi connectivity index (χ4v) is 2.61. The number of ether oxygens (including phenoxy) is 1. The monoisotopic (exact) mass is 396 g/mol. The van der Waals surface area contributed by atoms with Gasteiger partial charge in [0.25, 0.3) is 0 Å². The van der Waals surface area contributed by atoms with Crippen molar-refractivity contribution in [1.29, 1.82) is 0 Å². The Morgan fingerprint density at radius 2 is 1.70 bits per heavy atom. The van der Waals surface area contributed by atoms with E-state index in [1.54, 1.807) is 12.1 Å². The minimum Gasteiger partial charge on any atom is -0.493 e. The van der Waals surface area contributed by atoms with Crippen molar-refractivity contribution in [2.75, 3.05) is 6.61 Å². The maximum atomic E-state index is 12.5. The van der Waals surface area contributed by atoms with Gasteiger partial charge in [-0.3, -0.25) is 4.79 Å². The van der Waals surface area contributed by atoms with Crippen LogP contribution in [0, 0.1) is 6.92 Å². The largest absolute Gasteiger partial charge is 0.493 e. The highest BCUT2D eigenvalue weighted by atomic mass is 79.9. The summed E-state index contributed by atoms with van der Waals surface area (Å²) in [6, 6.07) is 11.0. The number of hydrogen-bond donors (Lipinski definition) is 0. The molecule has 2 nitrogen and oxygen atoms in total. The maximum Gasteiger partial charge on any atom is 0.193 e. The lowest BCUT2D eigenvalue weighted by molar-refractivity contribution is 0.103. The maximum absolute atomic E-state index is 12.5. The van der Waals surface area contributed by atoms with Gasteiger partial charge >= 0.3 is 0 Å². The summed E-state index contributed by atoms with van der Waals surface area (Å²) in [4.78, 5) is 12.5. The van der Waals surface area contributed by atoms with Crippen molar-refractivity contribution in [1.82, 2.24) is 0 Å². The van der Waals surface area contributed by atoms with Crippen LogP contribution in [0.15, 0.2) is 45.3 Å². The summed E-state index contributed by atoms with van der Waals surface area (Å²) in [6.45, 7) is 4.49. The molecule has 0 N–H and O–H groups in total. The van der Waals surface area contributed by atoms with Crippen LogP contribution < -0.4 is 4.74 Å². The van der Waals surface area contributed by atoms with E-state index >= 15 is 0 Å². The Kier molecular flexibility index (Phi) is 5.00. The normalized spacial score (nSPS) is 10.4. The number of ketones is 1. The minimum absolute atomic E-state index is 0.00403. The Bertz CT molecular complexity index is 651. The number of rotatable bonds is 4. The first-order valence-electron chi connectivity index (χ1n) is 6.26. The fourth-order valence-electron chi connectivity index (χ4n) is 1.87. The van der Waals surface area contributed by atoms with E-state index in [2.05, 4.69) is 31.9 Å². The van der Waals surface area contributed by atoms with E-state index in [1.165, 1.54) is 0 Å². The van der Waals surface area contributed by atoms with Crippen molar-refractivity contribution >= 4 is 37.6 Å². The number of carbonyl (C=O) groups excluding carboxylic acids is 1. The molecule has 0 spiro atoms. The van der Waals surface area contributed by atoms with Crippen LogP contribution in [0.4, 0.5) is 0 Å². The van der Waals surface area contributed by atoms with Crippen LogP contribution in [0.25, 0.3) is 0 Å². The average Bonchev–Trinajstić information content (AvgIpc) is 2.43. The first-order valence-corrected chi connectivity index (χ1v) is 7.84. The second kappa shape index (κ2) is 6.55. The van der Waals surface area contributed by atoms with E-state index in [0.29, 0.717) is 17.7 Å². The molecular formula is C16H14Br2O2. The lowest BCUT2D eigenvalue weighted by Gasteiger charge is -2.08. The number of benzene rings is 2. The van der Waals surface area contributed by atoms with E-state index in [0.717, 1.165) is 20.3 Å². The van der Waals surface area contributed by atoms with Gasteiger partial charge in [-0.2, -0.15) is 0 Å². The molecule has 2 aromatic rings. The van der Waals surface area contributed by atoms with Crippen LogP contribution >= 0.6 is 31.9 Å². The zero-order chi connectivity index (χ0) is 14.7. The van der Waals surface area contributed by atoms with Crippen molar-refractivity contribution < 1.29 is 9.53 Å². The zero-order valence-electron chi connectivity index (χ0n) is 11.2. The first kappa shape index (κ1) is 15.3. The second-order valence-corrected chi connectivity index (χ2v) is 6.08. The molecule has 0 aliphatic heterocycles. The number of hydrogen-bond acceptors (Lipinski definition) is 2. The summed E-state index contributed by atoms with van der Waals surface area (Å²) in [5.41, 5.74) is 2.37. The van der Waals surface area contributed by atoms with E-state index in [-0.39, 0.29) is 5.78 Å². The van der Waals surface area contributed by atoms with Gasteiger partial charge in [-0.15, -0.1) is 0 Å². The molecule has 0 aromatic heterocycles. The molecule has 2 aromatic carbocycles. The van der Waals surface area contributed by atoms with Gasteiger partial charge in [0.1, 0.15) is 5.75 Å². The number of carbonyl (C=O) groups is 1. The first-order chi connectivity index (χ1) is 9.52. The molecule has 4 heteroatoms. The summed E-state index contributed by atoms with van der Waals surface area (Å²) in [5.74, 6) is 0.750. The third-order valence-electron chi connectivity index (χ3n) is 2.91. The highest BCUT2D eigenvalue weighted by molar-refractivity contribution is 9.10. The molecule has 0 radical (unpaired) electrons. The predicted molar refractivity (Wildman–Crippen MR) is 87.6 cm³/mol. The van der Waals surface area contributed by atoms with Crippen LogP contribution in [-0.2, 0) is 0 Å². The zero-order valence-corrected chi connectivity index (χ0v) is 14.4. The molecule has 20 heavy (non-hydrogen) atoms. The molecule has 0 bridgehead atoms. The molecule has 0 aliphatic carbocycles. The van der Waals surface area contributed by atoms with E-state index < -0.39 is 0 Å². The van der Waals surface area contributed by atoms with E-state index in [9.17, 15) is 4.79 Å². The van der Waals surface area contributed by atoms with Crippen LogP contribution in [-0.4, -0.2) is 12.4 Å². The molecule has 0 fully saturated rings. The smallest absolute Gasteiger partial charge is 0.193 e. The van der Waals surface area contributed by atoms with Crippen molar-refractivity contribution in [3.8, 4) is 5.75 Å². The lowest BCUT2D eigenvalue weighted by atomic mass is 10.0. The topological polar surface area (TPSA) is 26.3 Å². The van der Waals surface area contributed by atoms with Crippen molar-refractivity contribution in [3.63, 3.8) is 0 Å². The van der Waals surface area contributed by atoms with Crippen molar-refractivity contribution in [2.45, 2.75) is 13.8 Å². The summed E-state index contributed by atoms with van der Waals surface area (Å²) < 4.78 is 7.24.